The first-order valence-corrected chi connectivity index (χ1v) is 24.6. The summed E-state index contributed by atoms with van der Waals surface area (Å²) in [6.45, 7) is 11.7. The van der Waals surface area contributed by atoms with Gasteiger partial charge in [-0.1, -0.05) is 61.4 Å². The van der Waals surface area contributed by atoms with E-state index in [9.17, 15) is 18.5 Å². The van der Waals surface area contributed by atoms with Crippen LogP contribution in [0.15, 0.2) is 113 Å². The Kier molecular flexibility index (Phi) is 15.8. The summed E-state index contributed by atoms with van der Waals surface area (Å²) in [4.78, 5) is 28.9. The molecule has 0 bridgehead atoms. The zero-order valence-electron chi connectivity index (χ0n) is 35.6. The summed E-state index contributed by atoms with van der Waals surface area (Å²) in [7, 11) is -4.27. The summed E-state index contributed by atoms with van der Waals surface area (Å²) in [6, 6.07) is 28.0. The molecule has 0 radical (unpaired) electrons. The Morgan fingerprint density at radius 1 is 0.887 bits per heavy atom. The van der Waals surface area contributed by atoms with E-state index in [1.807, 2.05) is 48.5 Å². The second-order valence-corrected chi connectivity index (χ2v) is 19.3. The van der Waals surface area contributed by atoms with E-state index in [0.717, 1.165) is 106 Å². The molecule has 1 aliphatic carbocycles. The molecule has 2 aliphatic rings. The second kappa shape index (κ2) is 21.6. The van der Waals surface area contributed by atoms with Crippen LogP contribution < -0.4 is 14.9 Å². The third-order valence-electron chi connectivity index (χ3n) is 11.7. The quantitative estimate of drug-likeness (QED) is 0.0439. The largest absolute Gasteiger partial charge is 0.376 e. The van der Waals surface area contributed by atoms with Crippen molar-refractivity contribution in [1.29, 1.82) is 0 Å². The van der Waals surface area contributed by atoms with Crippen molar-refractivity contribution in [2.75, 3.05) is 73.0 Å². The van der Waals surface area contributed by atoms with Gasteiger partial charge in [-0.2, -0.15) is 0 Å². The van der Waals surface area contributed by atoms with Crippen LogP contribution in [0.3, 0.4) is 0 Å². The van der Waals surface area contributed by atoms with Gasteiger partial charge in [-0.3, -0.25) is 19.7 Å². The van der Waals surface area contributed by atoms with Gasteiger partial charge in [0.25, 0.3) is 15.7 Å². The first-order chi connectivity index (χ1) is 30.1. The zero-order valence-corrected chi connectivity index (χ0v) is 38.0. The molecular weight excluding hydrogens is 840 g/mol. The number of aromatic nitrogens is 2. The lowest BCUT2D eigenvalue weighted by Gasteiger charge is -2.37. The Morgan fingerprint density at radius 3 is 2.35 bits per heavy atom. The molecule has 1 atom stereocenters. The first-order valence-electron chi connectivity index (χ1n) is 21.8. The van der Waals surface area contributed by atoms with Crippen molar-refractivity contribution in [1.82, 2.24) is 19.8 Å². The number of allylic oxidation sites excluding steroid dienone is 1. The van der Waals surface area contributed by atoms with Crippen LogP contribution in [0.5, 0.6) is 0 Å². The van der Waals surface area contributed by atoms with Gasteiger partial charge >= 0.3 is 0 Å². The van der Waals surface area contributed by atoms with Gasteiger partial charge in [0.2, 0.25) is 0 Å². The van der Waals surface area contributed by atoms with Crippen LogP contribution in [0, 0.1) is 10.1 Å². The fourth-order valence-electron chi connectivity index (χ4n) is 8.47. The predicted molar refractivity (Wildman–Crippen MR) is 255 cm³/mol. The maximum atomic E-state index is 13.9. The van der Waals surface area contributed by atoms with Crippen molar-refractivity contribution in [3.8, 4) is 0 Å². The van der Waals surface area contributed by atoms with Gasteiger partial charge < -0.3 is 15.1 Å². The number of piperazine rings is 1. The minimum atomic E-state index is -4.27. The molecular formula is C47H57ClN8O4S2. The number of sulfonamides is 1. The first kappa shape index (κ1) is 45.3. The molecule has 62 heavy (non-hydrogen) atoms. The van der Waals surface area contributed by atoms with Crippen molar-refractivity contribution in [3.63, 3.8) is 0 Å². The number of benzene rings is 4. The van der Waals surface area contributed by atoms with Crippen LogP contribution in [0.4, 0.5) is 22.9 Å². The van der Waals surface area contributed by atoms with Gasteiger partial charge in [-0.15, -0.1) is 11.8 Å². The van der Waals surface area contributed by atoms with Crippen LogP contribution in [-0.4, -0.2) is 97.3 Å². The van der Waals surface area contributed by atoms with Gasteiger partial charge in [0, 0.05) is 78.1 Å². The number of anilines is 3. The average Bonchev–Trinajstić information content (AvgIpc) is 3.28. The van der Waals surface area contributed by atoms with Crippen LogP contribution in [0.25, 0.3) is 16.5 Å². The van der Waals surface area contributed by atoms with E-state index in [0.29, 0.717) is 16.7 Å². The van der Waals surface area contributed by atoms with Crippen molar-refractivity contribution >= 4 is 72.7 Å². The average molecular weight is 898 g/mol. The van der Waals surface area contributed by atoms with Crippen molar-refractivity contribution < 1.29 is 13.3 Å². The lowest BCUT2D eigenvalue weighted by Crippen LogP contribution is -2.47. The number of fused-ring (bicyclic) bond motifs is 1. The summed E-state index contributed by atoms with van der Waals surface area (Å²) in [5.41, 5.74) is 5.84. The van der Waals surface area contributed by atoms with Crippen LogP contribution in [0.1, 0.15) is 64.4 Å². The number of thioether (sulfide) groups is 1. The molecule has 2 N–H and O–H groups in total. The summed E-state index contributed by atoms with van der Waals surface area (Å²) in [5, 5.41) is 17.2. The molecule has 2 heterocycles. The highest BCUT2D eigenvalue weighted by Gasteiger charge is 2.26. The molecule has 12 nitrogen and oxygen atoms in total. The molecule has 7 rings (SSSR count). The molecule has 1 unspecified atom stereocenters. The summed E-state index contributed by atoms with van der Waals surface area (Å²) in [6.07, 6.45) is 8.86. The molecule has 0 spiro atoms. The highest BCUT2D eigenvalue weighted by atomic mass is 35.5. The summed E-state index contributed by atoms with van der Waals surface area (Å²) in [5.74, 6) is 0.786. The number of nitrogens with zero attached hydrogens (tertiary/aromatic N) is 6. The Morgan fingerprint density at radius 2 is 1.63 bits per heavy atom. The van der Waals surface area contributed by atoms with E-state index >= 15 is 0 Å². The molecule has 1 aromatic heterocycles. The minimum Gasteiger partial charge on any atom is -0.376 e. The maximum Gasteiger partial charge on any atom is 0.293 e. The monoisotopic (exact) mass is 896 g/mol. The fourth-order valence-corrected chi connectivity index (χ4v) is 10.6. The number of nitro groups is 1. The van der Waals surface area contributed by atoms with E-state index in [4.69, 9.17) is 11.6 Å². The molecule has 4 aromatic carbocycles. The number of nitro benzene ring substituents is 1. The lowest BCUT2D eigenvalue weighted by molar-refractivity contribution is -0.384. The Hall–Kier alpha value is -4.73. The number of rotatable bonds is 20. The van der Waals surface area contributed by atoms with E-state index < -0.39 is 14.9 Å². The van der Waals surface area contributed by atoms with Crippen LogP contribution in [0.2, 0.25) is 5.02 Å². The normalized spacial score (nSPS) is 15.6. The zero-order chi connectivity index (χ0) is 43.5. The van der Waals surface area contributed by atoms with E-state index in [1.54, 1.807) is 11.8 Å². The van der Waals surface area contributed by atoms with E-state index in [-0.39, 0.29) is 28.1 Å². The Balaban J connectivity index is 1.02. The second-order valence-electron chi connectivity index (χ2n) is 16.1. The van der Waals surface area contributed by atoms with Gasteiger partial charge in [0.1, 0.15) is 12.0 Å². The summed E-state index contributed by atoms with van der Waals surface area (Å²) < 4.78 is 30.3. The third-order valence-corrected chi connectivity index (χ3v) is 14.4. The number of halogens is 1. The fraction of sp³-hybridized carbons (Fsp3) is 0.404. The lowest BCUT2D eigenvalue weighted by atomic mass is 9.87. The number of hydrogen-bond acceptors (Lipinski definition) is 11. The number of hydrogen-bond donors (Lipinski definition) is 2. The minimum absolute atomic E-state index is 0.106. The standard InChI is InChI=1S/C47H57ClN8O4S2/c1-3-23-53(24-4-2)25-22-38(33-61-40-11-6-5-7-12-40)51-44-21-19-41(31-46(44)56(57)58)62(59,60)52-47-43-20-18-39(30-45(43)49-34-50-47)55-28-26-54(27-29-55)32-36-10-8-9-13-42(36)35-14-16-37(48)17-15-35/h5-7,11-12,14-21,30-31,34,38,51H,3-4,8-10,13,22-29,32-33H2,1-2H3,(H,49,50,52). The molecule has 1 aliphatic heterocycles. The molecule has 0 saturated carbocycles. The van der Waals surface area contributed by atoms with E-state index in [2.05, 4.69) is 72.8 Å². The molecule has 328 valence electrons. The van der Waals surface area contributed by atoms with Crippen molar-refractivity contribution in [2.45, 2.75) is 74.6 Å². The molecule has 0 amide bonds. The van der Waals surface area contributed by atoms with Gasteiger partial charge in [-0.25, -0.2) is 18.4 Å². The SMILES string of the molecule is CCCN(CCC)CCC(CSc1ccccc1)Nc1ccc(S(=O)(=O)Nc2ncnc3cc(N4CCN(CC5=C(c6ccc(Cl)cc6)CCCC5)CC4)ccc23)cc1[N+](=O)[O-]. The van der Waals surface area contributed by atoms with Crippen LogP contribution >= 0.6 is 23.4 Å². The maximum absolute atomic E-state index is 13.9. The summed E-state index contributed by atoms with van der Waals surface area (Å²) >= 11 is 7.87. The van der Waals surface area contributed by atoms with Crippen molar-refractivity contribution in [2.24, 2.45) is 0 Å². The Bertz CT molecular complexity index is 2420. The van der Waals surface area contributed by atoms with Crippen molar-refractivity contribution in [3.05, 3.63) is 124 Å². The Labute approximate surface area is 375 Å². The predicted octanol–water partition coefficient (Wildman–Crippen LogP) is 10.2. The van der Waals surface area contributed by atoms with Gasteiger partial charge in [0.15, 0.2) is 5.82 Å². The topological polar surface area (TPSA) is 137 Å². The highest BCUT2D eigenvalue weighted by molar-refractivity contribution is 7.99. The van der Waals surface area contributed by atoms with E-state index in [1.165, 1.54) is 48.0 Å². The molecule has 1 fully saturated rings. The van der Waals surface area contributed by atoms with Gasteiger partial charge in [0.05, 0.1) is 15.3 Å². The molecule has 15 heteroatoms. The number of nitrogens with one attached hydrogen (secondary N) is 2. The molecule has 5 aromatic rings. The molecule has 1 saturated heterocycles. The highest BCUT2D eigenvalue weighted by Crippen LogP contribution is 2.35. The third kappa shape index (κ3) is 11.8. The van der Waals surface area contributed by atoms with Crippen LogP contribution in [-0.2, 0) is 10.0 Å². The van der Waals surface area contributed by atoms with Gasteiger partial charge in [-0.05, 0) is 124 Å². The smallest absolute Gasteiger partial charge is 0.293 e.